The molecule has 0 amide bonds. The van der Waals surface area contributed by atoms with Gasteiger partial charge in [0.25, 0.3) is 0 Å². The minimum Gasteiger partial charge on any atom is -0.353 e. The Bertz CT molecular complexity index is 413. The van der Waals surface area contributed by atoms with Crippen molar-refractivity contribution < 1.29 is 4.39 Å². The summed E-state index contributed by atoms with van der Waals surface area (Å²) in [4.78, 5) is 11.9. The van der Waals surface area contributed by atoms with E-state index in [-0.39, 0.29) is 12.0 Å². The van der Waals surface area contributed by atoms with Gasteiger partial charge in [-0.2, -0.15) is 4.98 Å². The molecule has 2 heterocycles. The molecule has 0 bridgehead atoms. The maximum absolute atomic E-state index is 13.8. The monoisotopic (exact) mass is 254 g/mol. The minimum atomic E-state index is -0.426. The molecule has 18 heavy (non-hydrogen) atoms. The number of rotatable bonds is 3. The molecular formula is C11H19FN6. The van der Waals surface area contributed by atoms with Crippen LogP contribution in [0.3, 0.4) is 0 Å². The van der Waals surface area contributed by atoms with Crippen molar-refractivity contribution in [2.45, 2.75) is 18.9 Å². The highest BCUT2D eigenvalue weighted by molar-refractivity contribution is 5.44. The van der Waals surface area contributed by atoms with E-state index in [1.54, 1.807) is 0 Å². The van der Waals surface area contributed by atoms with Gasteiger partial charge < -0.3 is 9.80 Å². The van der Waals surface area contributed by atoms with E-state index < -0.39 is 5.82 Å². The van der Waals surface area contributed by atoms with Crippen molar-refractivity contribution in [3.05, 3.63) is 12.0 Å². The van der Waals surface area contributed by atoms with E-state index in [9.17, 15) is 4.39 Å². The van der Waals surface area contributed by atoms with E-state index in [1.807, 2.05) is 11.9 Å². The first-order valence-electron chi connectivity index (χ1n) is 6.02. The van der Waals surface area contributed by atoms with E-state index in [4.69, 9.17) is 5.84 Å². The Labute approximate surface area is 106 Å². The SMILES string of the molecule is CN1CCCC(N(C)c2nc(NN)ncc2F)C1. The normalized spacial score (nSPS) is 20.8. The van der Waals surface area contributed by atoms with Gasteiger partial charge in [-0.1, -0.05) is 0 Å². The topological polar surface area (TPSA) is 70.3 Å². The maximum Gasteiger partial charge on any atom is 0.239 e. The molecule has 2 rings (SSSR count). The second-order valence-electron chi connectivity index (χ2n) is 4.68. The van der Waals surface area contributed by atoms with Gasteiger partial charge in [0.15, 0.2) is 11.6 Å². The standard InChI is InChI=1S/C11H19FN6/c1-17-5-3-4-8(7-17)18(2)10-9(12)6-14-11(15-10)16-13/h6,8H,3-5,7,13H2,1-2H3,(H,14,15,16). The summed E-state index contributed by atoms with van der Waals surface area (Å²) in [5.41, 5.74) is 2.34. The third-order valence-corrected chi connectivity index (χ3v) is 3.34. The summed E-state index contributed by atoms with van der Waals surface area (Å²) in [6, 6.07) is 0.263. The highest BCUT2D eigenvalue weighted by atomic mass is 19.1. The Kier molecular flexibility index (Phi) is 3.93. The highest BCUT2D eigenvalue weighted by Gasteiger charge is 2.24. The molecule has 3 N–H and O–H groups in total. The van der Waals surface area contributed by atoms with Gasteiger partial charge in [-0.15, -0.1) is 0 Å². The van der Waals surface area contributed by atoms with Crippen LogP contribution in [0.1, 0.15) is 12.8 Å². The molecule has 0 radical (unpaired) electrons. The number of aromatic nitrogens is 2. The Hall–Kier alpha value is -1.47. The number of likely N-dealkylation sites (N-methyl/N-ethyl adjacent to an activating group) is 2. The first-order chi connectivity index (χ1) is 8.61. The van der Waals surface area contributed by atoms with Crippen LogP contribution in [0.15, 0.2) is 6.20 Å². The lowest BCUT2D eigenvalue weighted by molar-refractivity contribution is 0.247. The summed E-state index contributed by atoms with van der Waals surface area (Å²) >= 11 is 0. The van der Waals surface area contributed by atoms with Crippen molar-refractivity contribution in [1.29, 1.82) is 0 Å². The molecular weight excluding hydrogens is 235 g/mol. The Morgan fingerprint density at radius 3 is 3.06 bits per heavy atom. The summed E-state index contributed by atoms with van der Waals surface area (Å²) in [6.07, 6.45) is 3.29. The van der Waals surface area contributed by atoms with Crippen molar-refractivity contribution >= 4 is 11.8 Å². The van der Waals surface area contributed by atoms with Gasteiger partial charge in [-0.25, -0.2) is 15.2 Å². The molecule has 1 aromatic heterocycles. The van der Waals surface area contributed by atoms with Crippen LogP contribution in [0.4, 0.5) is 16.2 Å². The molecule has 1 atom stereocenters. The fourth-order valence-corrected chi connectivity index (χ4v) is 2.30. The highest BCUT2D eigenvalue weighted by Crippen LogP contribution is 2.22. The maximum atomic E-state index is 13.8. The quantitative estimate of drug-likeness (QED) is 0.602. The van der Waals surface area contributed by atoms with Crippen LogP contribution in [0, 0.1) is 5.82 Å². The molecule has 100 valence electrons. The zero-order chi connectivity index (χ0) is 13.1. The number of halogens is 1. The van der Waals surface area contributed by atoms with Crippen LogP contribution in [0.25, 0.3) is 0 Å². The van der Waals surface area contributed by atoms with Gasteiger partial charge in [-0.05, 0) is 26.4 Å². The summed E-state index contributed by atoms with van der Waals surface area (Å²) in [7, 11) is 3.93. The predicted octanol–water partition coefficient (Wildman–Crippen LogP) is 0.432. The number of nitrogens with two attached hydrogens (primary N) is 1. The molecule has 1 aliphatic rings. The molecule has 0 aromatic carbocycles. The average Bonchev–Trinajstić information content (AvgIpc) is 2.38. The van der Waals surface area contributed by atoms with E-state index in [2.05, 4.69) is 27.3 Å². The van der Waals surface area contributed by atoms with Crippen molar-refractivity contribution in [3.63, 3.8) is 0 Å². The number of anilines is 2. The third-order valence-electron chi connectivity index (χ3n) is 3.34. The molecule has 0 aliphatic carbocycles. The lowest BCUT2D eigenvalue weighted by Crippen LogP contribution is -2.45. The smallest absolute Gasteiger partial charge is 0.239 e. The molecule has 1 aliphatic heterocycles. The number of hydrogen-bond acceptors (Lipinski definition) is 6. The number of hydrogen-bond donors (Lipinski definition) is 2. The number of nitrogen functional groups attached to an aromatic ring is 1. The number of likely N-dealkylation sites (tertiary alicyclic amines) is 1. The van der Waals surface area contributed by atoms with Gasteiger partial charge in [0.2, 0.25) is 5.95 Å². The van der Waals surface area contributed by atoms with Crippen LogP contribution < -0.4 is 16.2 Å². The van der Waals surface area contributed by atoms with Crippen molar-refractivity contribution in [3.8, 4) is 0 Å². The zero-order valence-corrected chi connectivity index (χ0v) is 10.7. The van der Waals surface area contributed by atoms with Crippen LogP contribution in [-0.2, 0) is 0 Å². The molecule has 1 unspecified atom stereocenters. The van der Waals surface area contributed by atoms with Crippen LogP contribution in [-0.4, -0.2) is 48.1 Å². The molecule has 0 spiro atoms. The van der Waals surface area contributed by atoms with E-state index in [0.717, 1.165) is 32.1 Å². The van der Waals surface area contributed by atoms with Gasteiger partial charge >= 0.3 is 0 Å². The van der Waals surface area contributed by atoms with Crippen LogP contribution in [0.5, 0.6) is 0 Å². The van der Waals surface area contributed by atoms with Gasteiger partial charge in [-0.3, -0.25) is 5.43 Å². The van der Waals surface area contributed by atoms with Gasteiger partial charge in [0, 0.05) is 19.6 Å². The fourth-order valence-electron chi connectivity index (χ4n) is 2.30. The predicted molar refractivity (Wildman–Crippen MR) is 68.7 cm³/mol. The van der Waals surface area contributed by atoms with Crippen LogP contribution >= 0.6 is 0 Å². The summed E-state index contributed by atoms with van der Waals surface area (Å²) in [6.45, 7) is 2.00. The molecule has 1 saturated heterocycles. The minimum absolute atomic E-state index is 0.224. The molecule has 1 aromatic rings. The third kappa shape index (κ3) is 2.68. The first kappa shape index (κ1) is 13.0. The molecule has 6 nitrogen and oxygen atoms in total. The van der Waals surface area contributed by atoms with Crippen molar-refractivity contribution in [1.82, 2.24) is 14.9 Å². The molecule has 1 fully saturated rings. The number of nitrogens with zero attached hydrogens (tertiary/aromatic N) is 4. The average molecular weight is 254 g/mol. The molecule has 7 heteroatoms. The Morgan fingerprint density at radius 2 is 2.39 bits per heavy atom. The van der Waals surface area contributed by atoms with E-state index in [0.29, 0.717) is 5.82 Å². The zero-order valence-electron chi connectivity index (χ0n) is 10.7. The largest absolute Gasteiger partial charge is 0.353 e. The lowest BCUT2D eigenvalue weighted by Gasteiger charge is -2.36. The van der Waals surface area contributed by atoms with Gasteiger partial charge in [0.05, 0.1) is 6.20 Å². The number of piperidine rings is 1. The fraction of sp³-hybridized carbons (Fsp3) is 0.636. The molecule has 0 saturated carbocycles. The second-order valence-corrected chi connectivity index (χ2v) is 4.68. The van der Waals surface area contributed by atoms with E-state index in [1.165, 1.54) is 0 Å². The first-order valence-corrected chi connectivity index (χ1v) is 6.02. The lowest BCUT2D eigenvalue weighted by atomic mass is 10.1. The summed E-state index contributed by atoms with van der Waals surface area (Å²) in [5.74, 6) is 5.33. The Morgan fingerprint density at radius 1 is 1.61 bits per heavy atom. The second kappa shape index (κ2) is 5.45. The summed E-state index contributed by atoms with van der Waals surface area (Å²) in [5, 5.41) is 0. The van der Waals surface area contributed by atoms with Gasteiger partial charge in [0.1, 0.15) is 0 Å². The van der Waals surface area contributed by atoms with Crippen molar-refractivity contribution in [2.75, 3.05) is 37.5 Å². The van der Waals surface area contributed by atoms with Crippen molar-refractivity contribution in [2.24, 2.45) is 5.84 Å². The van der Waals surface area contributed by atoms with Crippen LogP contribution in [0.2, 0.25) is 0 Å². The Balaban J connectivity index is 2.19. The summed E-state index contributed by atoms with van der Waals surface area (Å²) < 4.78 is 13.8. The number of hydrazine groups is 1. The number of nitrogens with one attached hydrogen (secondary N) is 1. The van der Waals surface area contributed by atoms with E-state index >= 15 is 0 Å².